The topological polar surface area (TPSA) is 77.5 Å². The maximum Gasteiger partial charge on any atom is 0.495 e. The highest BCUT2D eigenvalue weighted by molar-refractivity contribution is 7.93. The van der Waals surface area contributed by atoms with Crippen LogP contribution in [0.15, 0.2) is 18.3 Å². The molecule has 0 bridgehead atoms. The zero-order valence-corrected chi connectivity index (χ0v) is 14.1. The first-order valence-electron chi connectivity index (χ1n) is 7.44. The molecule has 2 fully saturated rings. The lowest BCUT2D eigenvalue weighted by Crippen LogP contribution is -2.41. The maximum absolute atomic E-state index is 12.0. The van der Waals surface area contributed by atoms with E-state index in [1.54, 1.807) is 18.3 Å². The molecule has 0 spiro atoms. The second-order valence-electron chi connectivity index (χ2n) is 6.91. The van der Waals surface area contributed by atoms with E-state index >= 15 is 0 Å². The number of nitrogens with one attached hydrogen (secondary N) is 1. The van der Waals surface area contributed by atoms with E-state index in [1.807, 2.05) is 27.7 Å². The zero-order valence-electron chi connectivity index (χ0n) is 13.3. The summed E-state index contributed by atoms with van der Waals surface area (Å²) in [7, 11) is -3.85. The summed E-state index contributed by atoms with van der Waals surface area (Å²) in [5.74, 6) is 0.305. The predicted octanol–water partition coefficient (Wildman–Crippen LogP) is 1.28. The van der Waals surface area contributed by atoms with Gasteiger partial charge < -0.3 is 9.31 Å². The minimum absolute atomic E-state index is 0.283. The standard InChI is InChI=1S/C14H21BN2O4S/c1-13(2)14(3,4)21-15(20-13)10-7-8-16-12(9-10)17-22(18,19)11-5-6-11/h7-9,11H,5-6H2,1-4H3,(H,16,17). The molecular formula is C14H21BN2O4S. The van der Waals surface area contributed by atoms with Gasteiger partial charge in [0, 0.05) is 6.20 Å². The van der Waals surface area contributed by atoms with E-state index in [9.17, 15) is 8.42 Å². The molecule has 2 aliphatic rings. The van der Waals surface area contributed by atoms with E-state index in [0.29, 0.717) is 18.7 Å². The molecular weight excluding hydrogens is 303 g/mol. The summed E-state index contributed by atoms with van der Waals surface area (Å²) in [6.07, 6.45) is 2.99. The van der Waals surface area contributed by atoms with Gasteiger partial charge in [-0.1, -0.05) is 0 Å². The summed E-state index contributed by atoms with van der Waals surface area (Å²) in [6, 6.07) is 3.44. The van der Waals surface area contributed by atoms with Gasteiger partial charge in [0.2, 0.25) is 10.0 Å². The van der Waals surface area contributed by atoms with Crippen LogP contribution in [0.2, 0.25) is 0 Å². The molecule has 1 aromatic heterocycles. The van der Waals surface area contributed by atoms with Crippen LogP contribution in [-0.4, -0.2) is 37.0 Å². The Labute approximate surface area is 131 Å². The van der Waals surface area contributed by atoms with Gasteiger partial charge in [-0.15, -0.1) is 0 Å². The number of anilines is 1. The van der Waals surface area contributed by atoms with Crippen molar-refractivity contribution in [2.45, 2.75) is 57.0 Å². The molecule has 1 aliphatic heterocycles. The van der Waals surface area contributed by atoms with E-state index in [1.165, 1.54) is 0 Å². The summed E-state index contributed by atoms with van der Waals surface area (Å²) >= 11 is 0. The van der Waals surface area contributed by atoms with Crippen LogP contribution in [0.5, 0.6) is 0 Å². The van der Waals surface area contributed by atoms with Crippen molar-refractivity contribution >= 4 is 28.4 Å². The molecule has 1 aromatic rings. The van der Waals surface area contributed by atoms with Crippen molar-refractivity contribution < 1.29 is 17.7 Å². The van der Waals surface area contributed by atoms with Crippen molar-refractivity contribution in [3.05, 3.63) is 18.3 Å². The Bertz CT molecular complexity index is 670. The normalized spacial score (nSPS) is 23.5. The van der Waals surface area contributed by atoms with Crippen LogP contribution in [0.25, 0.3) is 0 Å². The summed E-state index contributed by atoms with van der Waals surface area (Å²) < 4.78 is 38.4. The van der Waals surface area contributed by atoms with Crippen molar-refractivity contribution in [2.24, 2.45) is 0 Å². The van der Waals surface area contributed by atoms with Crippen molar-refractivity contribution in [3.8, 4) is 0 Å². The maximum atomic E-state index is 12.0. The second kappa shape index (κ2) is 4.94. The lowest BCUT2D eigenvalue weighted by molar-refractivity contribution is 0.00578. The highest BCUT2D eigenvalue weighted by Gasteiger charge is 2.51. The van der Waals surface area contributed by atoms with E-state index < -0.39 is 28.3 Å². The summed E-state index contributed by atoms with van der Waals surface area (Å²) in [5, 5.41) is -0.283. The molecule has 1 N–H and O–H groups in total. The Balaban J connectivity index is 1.80. The van der Waals surface area contributed by atoms with Gasteiger partial charge in [-0.3, -0.25) is 4.72 Å². The Kier molecular flexibility index (Phi) is 3.54. The van der Waals surface area contributed by atoms with Gasteiger partial charge in [0.05, 0.1) is 16.5 Å². The molecule has 1 saturated heterocycles. The molecule has 1 aliphatic carbocycles. The smallest absolute Gasteiger partial charge is 0.399 e. The van der Waals surface area contributed by atoms with Crippen molar-refractivity contribution in [1.82, 2.24) is 4.98 Å². The number of aromatic nitrogens is 1. The second-order valence-corrected chi connectivity index (χ2v) is 8.87. The van der Waals surface area contributed by atoms with E-state index in [2.05, 4.69) is 9.71 Å². The fourth-order valence-corrected chi connectivity index (χ4v) is 3.56. The fraction of sp³-hybridized carbons (Fsp3) is 0.643. The fourth-order valence-electron chi connectivity index (χ4n) is 2.24. The molecule has 0 amide bonds. The third-order valence-corrected chi connectivity index (χ3v) is 6.36. The average molecular weight is 324 g/mol. The molecule has 1 saturated carbocycles. The largest absolute Gasteiger partial charge is 0.495 e. The lowest BCUT2D eigenvalue weighted by atomic mass is 9.80. The van der Waals surface area contributed by atoms with Crippen LogP contribution in [0.1, 0.15) is 40.5 Å². The van der Waals surface area contributed by atoms with Crippen LogP contribution < -0.4 is 10.2 Å². The molecule has 0 radical (unpaired) electrons. The molecule has 2 heterocycles. The summed E-state index contributed by atoms with van der Waals surface area (Å²) in [6.45, 7) is 7.91. The molecule has 120 valence electrons. The number of sulfonamides is 1. The van der Waals surface area contributed by atoms with Crippen molar-refractivity contribution in [1.29, 1.82) is 0 Å². The van der Waals surface area contributed by atoms with E-state index in [4.69, 9.17) is 9.31 Å². The minimum atomic E-state index is -3.32. The molecule has 3 rings (SSSR count). The molecule has 0 unspecified atom stereocenters. The minimum Gasteiger partial charge on any atom is -0.399 e. The molecule has 0 aromatic carbocycles. The third-order valence-electron chi connectivity index (χ3n) is 4.52. The van der Waals surface area contributed by atoms with Crippen molar-refractivity contribution in [2.75, 3.05) is 4.72 Å². The van der Waals surface area contributed by atoms with Crippen LogP contribution in [0.4, 0.5) is 5.82 Å². The van der Waals surface area contributed by atoms with Gasteiger partial charge in [-0.25, -0.2) is 13.4 Å². The summed E-state index contributed by atoms with van der Waals surface area (Å²) in [5.41, 5.74) is -0.120. The monoisotopic (exact) mass is 324 g/mol. The number of hydrogen-bond donors (Lipinski definition) is 1. The first-order valence-corrected chi connectivity index (χ1v) is 8.99. The Hall–Kier alpha value is -1.12. The third kappa shape index (κ3) is 2.87. The number of hydrogen-bond acceptors (Lipinski definition) is 5. The molecule has 22 heavy (non-hydrogen) atoms. The first kappa shape index (κ1) is 15.8. The van der Waals surface area contributed by atoms with Crippen LogP contribution in [-0.2, 0) is 19.3 Å². The highest BCUT2D eigenvalue weighted by atomic mass is 32.2. The van der Waals surface area contributed by atoms with Gasteiger partial charge in [0.1, 0.15) is 5.82 Å². The SMILES string of the molecule is CC1(C)OB(c2ccnc(NS(=O)(=O)C3CC3)c2)OC1(C)C. The van der Waals surface area contributed by atoms with Crippen LogP contribution in [0, 0.1) is 0 Å². The molecule has 6 nitrogen and oxygen atoms in total. The van der Waals surface area contributed by atoms with Gasteiger partial charge in [0.25, 0.3) is 0 Å². The van der Waals surface area contributed by atoms with Gasteiger partial charge in [-0.05, 0) is 58.1 Å². The summed E-state index contributed by atoms with van der Waals surface area (Å²) in [4.78, 5) is 4.08. The predicted molar refractivity (Wildman–Crippen MR) is 85.5 cm³/mol. The van der Waals surface area contributed by atoms with Crippen molar-refractivity contribution in [3.63, 3.8) is 0 Å². The number of rotatable bonds is 4. The van der Waals surface area contributed by atoms with Gasteiger partial charge in [-0.2, -0.15) is 0 Å². The van der Waals surface area contributed by atoms with E-state index in [-0.39, 0.29) is 5.25 Å². The lowest BCUT2D eigenvalue weighted by Gasteiger charge is -2.32. The van der Waals surface area contributed by atoms with Gasteiger partial charge >= 0.3 is 7.12 Å². The van der Waals surface area contributed by atoms with Gasteiger partial charge in [0.15, 0.2) is 0 Å². The van der Waals surface area contributed by atoms with Crippen LogP contribution in [0.3, 0.4) is 0 Å². The zero-order chi connectivity index (χ0) is 16.2. The average Bonchev–Trinajstić information content (AvgIpc) is 3.18. The molecule has 8 heteroatoms. The quantitative estimate of drug-likeness (QED) is 0.845. The Morgan fingerprint density at radius 3 is 2.36 bits per heavy atom. The number of pyridine rings is 1. The Morgan fingerprint density at radius 2 is 1.82 bits per heavy atom. The first-order chi connectivity index (χ1) is 10.1. The highest BCUT2D eigenvalue weighted by Crippen LogP contribution is 2.36. The number of nitrogens with zero attached hydrogens (tertiary/aromatic N) is 1. The van der Waals surface area contributed by atoms with E-state index in [0.717, 1.165) is 5.46 Å². The van der Waals surface area contributed by atoms with Crippen LogP contribution >= 0.6 is 0 Å². The molecule has 0 atom stereocenters. The Morgan fingerprint density at radius 1 is 1.23 bits per heavy atom.